The Balaban J connectivity index is 2.54. The molecular formula is C14H29N3O. The molecule has 0 aromatic carbocycles. The monoisotopic (exact) mass is 255 g/mol. The molecule has 1 amide bonds. The van der Waals surface area contributed by atoms with Crippen molar-refractivity contribution in [3.63, 3.8) is 0 Å². The number of nitrogens with two attached hydrogens (primary N) is 1. The number of rotatable bonds is 6. The van der Waals surface area contributed by atoms with Gasteiger partial charge in [-0.3, -0.25) is 4.79 Å². The standard InChI is InChI=1S/C14H29N3O/c1-3-9-16-14(2,13(15)18)12-17-10-7-5-4-6-8-11-17/h16H,3-12H2,1-2H3,(H2,15,18). The number of amides is 1. The van der Waals surface area contributed by atoms with Gasteiger partial charge in [0.25, 0.3) is 0 Å². The van der Waals surface area contributed by atoms with E-state index in [0.29, 0.717) is 0 Å². The Labute approximate surface area is 111 Å². The minimum absolute atomic E-state index is 0.238. The highest BCUT2D eigenvalue weighted by Crippen LogP contribution is 2.14. The maximum atomic E-state index is 11.7. The molecule has 1 aliphatic heterocycles. The Kier molecular flexibility index (Phi) is 6.65. The molecule has 1 heterocycles. The zero-order chi connectivity index (χ0) is 13.4. The summed E-state index contributed by atoms with van der Waals surface area (Å²) >= 11 is 0. The summed E-state index contributed by atoms with van der Waals surface area (Å²) in [5.41, 5.74) is 4.98. The number of likely N-dealkylation sites (tertiary alicyclic amines) is 1. The lowest BCUT2D eigenvalue weighted by Crippen LogP contribution is -2.60. The molecule has 4 heteroatoms. The molecule has 1 atom stereocenters. The molecule has 3 N–H and O–H groups in total. The minimum Gasteiger partial charge on any atom is -0.368 e. The van der Waals surface area contributed by atoms with E-state index in [1.807, 2.05) is 6.92 Å². The topological polar surface area (TPSA) is 58.4 Å². The molecule has 0 radical (unpaired) electrons. The van der Waals surface area contributed by atoms with Crippen LogP contribution >= 0.6 is 0 Å². The first kappa shape index (κ1) is 15.4. The van der Waals surface area contributed by atoms with Gasteiger partial charge in [-0.2, -0.15) is 0 Å². The van der Waals surface area contributed by atoms with Crippen molar-refractivity contribution in [3.8, 4) is 0 Å². The summed E-state index contributed by atoms with van der Waals surface area (Å²) in [6.07, 6.45) is 7.47. The molecule has 1 fully saturated rings. The molecule has 0 aliphatic carbocycles. The molecule has 0 aromatic heterocycles. The predicted octanol–water partition coefficient (Wildman–Crippen LogP) is 1.50. The number of nitrogens with one attached hydrogen (secondary N) is 1. The zero-order valence-corrected chi connectivity index (χ0v) is 12.0. The van der Waals surface area contributed by atoms with Gasteiger partial charge in [0.05, 0.1) is 0 Å². The van der Waals surface area contributed by atoms with Crippen molar-refractivity contribution in [2.24, 2.45) is 5.73 Å². The van der Waals surface area contributed by atoms with Gasteiger partial charge < -0.3 is 16.0 Å². The summed E-state index contributed by atoms with van der Waals surface area (Å²) in [7, 11) is 0. The summed E-state index contributed by atoms with van der Waals surface area (Å²) in [5, 5.41) is 3.31. The third-order valence-electron chi connectivity index (χ3n) is 3.80. The van der Waals surface area contributed by atoms with Crippen molar-refractivity contribution in [3.05, 3.63) is 0 Å². The number of hydrogen-bond acceptors (Lipinski definition) is 3. The van der Waals surface area contributed by atoms with Crippen LogP contribution in [0.25, 0.3) is 0 Å². The summed E-state index contributed by atoms with van der Waals surface area (Å²) in [6, 6.07) is 0. The predicted molar refractivity (Wildman–Crippen MR) is 75.4 cm³/mol. The van der Waals surface area contributed by atoms with Gasteiger partial charge in [-0.25, -0.2) is 0 Å². The molecule has 1 rings (SSSR count). The van der Waals surface area contributed by atoms with E-state index < -0.39 is 5.54 Å². The van der Waals surface area contributed by atoms with Gasteiger partial charge in [0.2, 0.25) is 5.91 Å². The van der Waals surface area contributed by atoms with Crippen LogP contribution in [0.3, 0.4) is 0 Å². The van der Waals surface area contributed by atoms with E-state index in [-0.39, 0.29) is 5.91 Å². The maximum absolute atomic E-state index is 11.7. The zero-order valence-electron chi connectivity index (χ0n) is 12.0. The Hall–Kier alpha value is -0.610. The van der Waals surface area contributed by atoms with Crippen molar-refractivity contribution in [2.75, 3.05) is 26.2 Å². The quantitative estimate of drug-likeness (QED) is 0.756. The Bertz CT molecular complexity index is 249. The van der Waals surface area contributed by atoms with E-state index in [2.05, 4.69) is 17.1 Å². The third kappa shape index (κ3) is 4.94. The van der Waals surface area contributed by atoms with Crippen molar-refractivity contribution in [2.45, 2.75) is 57.9 Å². The first-order valence-corrected chi connectivity index (χ1v) is 7.36. The van der Waals surface area contributed by atoms with Gasteiger partial charge in [-0.1, -0.05) is 26.2 Å². The van der Waals surface area contributed by atoms with E-state index in [1.54, 1.807) is 0 Å². The molecule has 18 heavy (non-hydrogen) atoms. The Morgan fingerprint density at radius 2 is 1.78 bits per heavy atom. The van der Waals surface area contributed by atoms with E-state index in [9.17, 15) is 4.79 Å². The van der Waals surface area contributed by atoms with Gasteiger partial charge in [0, 0.05) is 6.54 Å². The molecular weight excluding hydrogens is 226 g/mol. The van der Waals surface area contributed by atoms with Crippen LogP contribution in [0.15, 0.2) is 0 Å². The summed E-state index contributed by atoms with van der Waals surface area (Å²) in [6.45, 7) is 7.80. The number of primary amides is 1. The minimum atomic E-state index is -0.588. The van der Waals surface area contributed by atoms with Gasteiger partial charge in [0.1, 0.15) is 5.54 Å². The molecule has 0 bridgehead atoms. The highest BCUT2D eigenvalue weighted by molar-refractivity contribution is 5.84. The van der Waals surface area contributed by atoms with Crippen LogP contribution in [0.5, 0.6) is 0 Å². The van der Waals surface area contributed by atoms with Gasteiger partial charge in [-0.15, -0.1) is 0 Å². The van der Waals surface area contributed by atoms with Gasteiger partial charge in [-0.05, 0) is 45.8 Å². The van der Waals surface area contributed by atoms with Crippen LogP contribution in [0.4, 0.5) is 0 Å². The molecule has 1 saturated heterocycles. The second-order valence-electron chi connectivity index (χ2n) is 5.67. The lowest BCUT2D eigenvalue weighted by atomic mass is 9.99. The van der Waals surface area contributed by atoms with Crippen molar-refractivity contribution < 1.29 is 4.79 Å². The van der Waals surface area contributed by atoms with E-state index >= 15 is 0 Å². The number of carbonyl (C=O) groups is 1. The van der Waals surface area contributed by atoms with Crippen LogP contribution < -0.4 is 11.1 Å². The largest absolute Gasteiger partial charge is 0.368 e. The van der Waals surface area contributed by atoms with Crippen LogP contribution in [-0.2, 0) is 4.79 Å². The van der Waals surface area contributed by atoms with Crippen molar-refractivity contribution in [1.82, 2.24) is 10.2 Å². The summed E-state index contributed by atoms with van der Waals surface area (Å²) < 4.78 is 0. The Morgan fingerprint density at radius 3 is 2.28 bits per heavy atom. The smallest absolute Gasteiger partial charge is 0.238 e. The average molecular weight is 255 g/mol. The Morgan fingerprint density at radius 1 is 1.22 bits per heavy atom. The molecule has 1 aliphatic rings. The lowest BCUT2D eigenvalue weighted by molar-refractivity contribution is -0.124. The molecule has 106 valence electrons. The van der Waals surface area contributed by atoms with Gasteiger partial charge in [0.15, 0.2) is 0 Å². The van der Waals surface area contributed by atoms with E-state index in [4.69, 9.17) is 5.73 Å². The third-order valence-corrected chi connectivity index (χ3v) is 3.80. The SMILES string of the molecule is CCCNC(C)(CN1CCCCCCC1)C(N)=O. The average Bonchev–Trinajstić information content (AvgIpc) is 2.30. The molecule has 0 aromatic rings. The highest BCUT2D eigenvalue weighted by atomic mass is 16.1. The molecule has 0 spiro atoms. The second kappa shape index (κ2) is 7.74. The van der Waals surface area contributed by atoms with E-state index in [0.717, 1.165) is 32.6 Å². The first-order chi connectivity index (χ1) is 8.58. The fraction of sp³-hybridized carbons (Fsp3) is 0.929. The molecule has 4 nitrogen and oxygen atoms in total. The van der Waals surface area contributed by atoms with Crippen LogP contribution in [0.2, 0.25) is 0 Å². The maximum Gasteiger partial charge on any atom is 0.238 e. The van der Waals surface area contributed by atoms with Gasteiger partial charge >= 0.3 is 0 Å². The van der Waals surface area contributed by atoms with Crippen molar-refractivity contribution in [1.29, 1.82) is 0 Å². The fourth-order valence-corrected chi connectivity index (χ4v) is 2.54. The normalized spacial score (nSPS) is 21.9. The number of hydrogen-bond donors (Lipinski definition) is 2. The summed E-state index contributed by atoms with van der Waals surface area (Å²) in [4.78, 5) is 14.1. The highest BCUT2D eigenvalue weighted by Gasteiger charge is 2.32. The van der Waals surface area contributed by atoms with Crippen LogP contribution in [0, 0.1) is 0 Å². The molecule has 1 unspecified atom stereocenters. The number of carbonyl (C=O) groups excluding carboxylic acids is 1. The second-order valence-corrected chi connectivity index (χ2v) is 5.67. The summed E-state index contributed by atoms with van der Waals surface area (Å²) in [5.74, 6) is -0.238. The van der Waals surface area contributed by atoms with Crippen LogP contribution in [-0.4, -0.2) is 42.5 Å². The fourth-order valence-electron chi connectivity index (χ4n) is 2.54. The lowest BCUT2D eigenvalue weighted by Gasteiger charge is -2.35. The first-order valence-electron chi connectivity index (χ1n) is 7.36. The van der Waals surface area contributed by atoms with E-state index in [1.165, 1.54) is 32.1 Å². The number of nitrogens with zero attached hydrogens (tertiary/aromatic N) is 1. The molecule has 0 saturated carbocycles. The van der Waals surface area contributed by atoms with Crippen LogP contribution in [0.1, 0.15) is 52.4 Å². The van der Waals surface area contributed by atoms with Crippen molar-refractivity contribution >= 4 is 5.91 Å².